The first kappa shape index (κ1) is 13.1. The highest BCUT2D eigenvalue weighted by atomic mass is 15.0. The van der Waals surface area contributed by atoms with Gasteiger partial charge in [-0.1, -0.05) is 38.1 Å². The van der Waals surface area contributed by atoms with Crippen molar-refractivity contribution in [3.8, 4) is 5.69 Å². The minimum Gasteiger partial charge on any atom is -0.308 e. The van der Waals surface area contributed by atoms with Crippen LogP contribution in [0.25, 0.3) is 27.6 Å². The number of nitrogens with zero attached hydrogens (tertiary/aromatic N) is 2. The highest BCUT2D eigenvalue weighted by Crippen LogP contribution is 2.32. The van der Waals surface area contributed by atoms with Crippen LogP contribution in [0.3, 0.4) is 0 Å². The van der Waals surface area contributed by atoms with E-state index in [0.717, 1.165) is 11.0 Å². The van der Waals surface area contributed by atoms with Crippen LogP contribution in [0, 0.1) is 0 Å². The summed E-state index contributed by atoms with van der Waals surface area (Å²) in [6.07, 6.45) is 1.87. The van der Waals surface area contributed by atoms with Crippen LogP contribution in [0.15, 0.2) is 66.9 Å². The largest absolute Gasteiger partial charge is 0.308 e. The number of hydrogen-bond acceptors (Lipinski definition) is 1. The lowest BCUT2D eigenvalue weighted by Crippen LogP contribution is -1.93. The number of para-hydroxylation sites is 1. The smallest absolute Gasteiger partial charge is 0.0963 e. The molecule has 4 rings (SSSR count). The summed E-state index contributed by atoms with van der Waals surface area (Å²) in [4.78, 5) is 4.64. The topological polar surface area (TPSA) is 17.8 Å². The number of fused-ring (bicyclic) bond motifs is 3. The predicted octanol–water partition coefficient (Wildman–Crippen LogP) is 5.30. The molecule has 0 aliphatic heterocycles. The van der Waals surface area contributed by atoms with E-state index in [4.69, 9.17) is 0 Å². The zero-order valence-electron chi connectivity index (χ0n) is 12.8. The van der Waals surface area contributed by atoms with Crippen molar-refractivity contribution in [1.29, 1.82) is 0 Å². The Balaban J connectivity index is 2.14. The predicted molar refractivity (Wildman–Crippen MR) is 92.7 cm³/mol. The van der Waals surface area contributed by atoms with E-state index in [2.05, 4.69) is 71.9 Å². The normalized spacial score (nSPS) is 11.6. The number of rotatable bonds is 2. The third kappa shape index (κ3) is 1.92. The molecule has 108 valence electrons. The Hall–Kier alpha value is -2.61. The number of pyridine rings is 1. The molecule has 2 aromatic carbocycles. The maximum absolute atomic E-state index is 4.64. The summed E-state index contributed by atoms with van der Waals surface area (Å²) >= 11 is 0. The van der Waals surface area contributed by atoms with E-state index >= 15 is 0 Å². The average Bonchev–Trinajstić information content (AvgIpc) is 2.89. The standard InChI is InChI=1S/C20H18N2/c1-14(2)15-10-11-18-17(13-15)20-19(9-6-12-21-20)22(18)16-7-4-3-5-8-16/h3-14H,1-2H3. The molecule has 0 fully saturated rings. The minimum absolute atomic E-state index is 0.517. The van der Waals surface area contributed by atoms with Gasteiger partial charge in [0, 0.05) is 17.3 Å². The lowest BCUT2D eigenvalue weighted by atomic mass is 10.0. The summed E-state index contributed by atoms with van der Waals surface area (Å²) in [6, 6.07) is 21.4. The first-order valence-corrected chi connectivity index (χ1v) is 7.70. The van der Waals surface area contributed by atoms with Gasteiger partial charge in [0.2, 0.25) is 0 Å². The highest BCUT2D eigenvalue weighted by molar-refractivity contribution is 6.07. The Labute approximate surface area is 130 Å². The van der Waals surface area contributed by atoms with Gasteiger partial charge in [0.25, 0.3) is 0 Å². The molecule has 0 amide bonds. The van der Waals surface area contributed by atoms with Crippen molar-refractivity contribution < 1.29 is 0 Å². The molecule has 2 heterocycles. The van der Waals surface area contributed by atoms with Crippen molar-refractivity contribution in [3.63, 3.8) is 0 Å². The van der Waals surface area contributed by atoms with E-state index in [0.29, 0.717) is 5.92 Å². The van der Waals surface area contributed by atoms with Gasteiger partial charge in [-0.05, 0) is 47.9 Å². The van der Waals surface area contributed by atoms with Crippen LogP contribution < -0.4 is 0 Å². The fourth-order valence-electron chi connectivity index (χ4n) is 3.07. The van der Waals surface area contributed by atoms with Crippen LogP contribution in [0.5, 0.6) is 0 Å². The van der Waals surface area contributed by atoms with Gasteiger partial charge in [0.1, 0.15) is 0 Å². The molecule has 2 aromatic heterocycles. The zero-order valence-corrected chi connectivity index (χ0v) is 12.8. The summed E-state index contributed by atoms with van der Waals surface area (Å²) in [5.41, 5.74) is 5.97. The molecule has 0 atom stereocenters. The Morgan fingerprint density at radius 2 is 1.68 bits per heavy atom. The van der Waals surface area contributed by atoms with Gasteiger partial charge in [0.15, 0.2) is 0 Å². The number of benzene rings is 2. The van der Waals surface area contributed by atoms with Crippen molar-refractivity contribution in [2.45, 2.75) is 19.8 Å². The molecule has 2 nitrogen and oxygen atoms in total. The molecule has 0 unspecified atom stereocenters. The quantitative estimate of drug-likeness (QED) is 0.489. The van der Waals surface area contributed by atoms with Gasteiger partial charge in [0.05, 0.1) is 16.6 Å². The lowest BCUT2D eigenvalue weighted by molar-refractivity contribution is 0.868. The van der Waals surface area contributed by atoms with Gasteiger partial charge >= 0.3 is 0 Å². The third-order valence-electron chi connectivity index (χ3n) is 4.23. The maximum atomic E-state index is 4.64. The second-order valence-corrected chi connectivity index (χ2v) is 5.97. The summed E-state index contributed by atoms with van der Waals surface area (Å²) in [7, 11) is 0. The molecule has 22 heavy (non-hydrogen) atoms. The molecular weight excluding hydrogens is 268 g/mol. The number of aromatic nitrogens is 2. The molecule has 0 saturated carbocycles. The Morgan fingerprint density at radius 3 is 2.45 bits per heavy atom. The molecule has 0 aliphatic carbocycles. The minimum atomic E-state index is 0.517. The molecule has 0 radical (unpaired) electrons. The second kappa shape index (κ2) is 4.99. The van der Waals surface area contributed by atoms with E-state index in [-0.39, 0.29) is 0 Å². The second-order valence-electron chi connectivity index (χ2n) is 5.97. The van der Waals surface area contributed by atoms with Gasteiger partial charge in [-0.15, -0.1) is 0 Å². The molecule has 0 aliphatic rings. The Bertz CT molecular complexity index is 949. The SMILES string of the molecule is CC(C)c1ccc2c(c1)c1ncccc1n2-c1ccccc1. The van der Waals surface area contributed by atoms with Crippen LogP contribution in [-0.2, 0) is 0 Å². The summed E-state index contributed by atoms with van der Waals surface area (Å²) < 4.78 is 2.29. The summed E-state index contributed by atoms with van der Waals surface area (Å²) in [5, 5.41) is 1.23. The molecular formula is C20H18N2. The van der Waals surface area contributed by atoms with Crippen molar-refractivity contribution in [2.24, 2.45) is 0 Å². The van der Waals surface area contributed by atoms with Crippen LogP contribution in [0.1, 0.15) is 25.3 Å². The van der Waals surface area contributed by atoms with E-state index in [1.807, 2.05) is 18.3 Å². The van der Waals surface area contributed by atoms with Gasteiger partial charge in [-0.3, -0.25) is 4.98 Å². The molecule has 0 N–H and O–H groups in total. The monoisotopic (exact) mass is 286 g/mol. The zero-order chi connectivity index (χ0) is 15.1. The van der Waals surface area contributed by atoms with Crippen molar-refractivity contribution in [2.75, 3.05) is 0 Å². The summed E-state index contributed by atoms with van der Waals surface area (Å²) in [5.74, 6) is 0.517. The van der Waals surface area contributed by atoms with E-state index < -0.39 is 0 Å². The molecule has 0 saturated heterocycles. The third-order valence-corrected chi connectivity index (χ3v) is 4.23. The van der Waals surface area contributed by atoms with Gasteiger partial charge in [-0.25, -0.2) is 0 Å². The maximum Gasteiger partial charge on any atom is 0.0963 e. The van der Waals surface area contributed by atoms with Crippen LogP contribution in [0.2, 0.25) is 0 Å². The highest BCUT2D eigenvalue weighted by Gasteiger charge is 2.13. The fourth-order valence-corrected chi connectivity index (χ4v) is 3.07. The van der Waals surface area contributed by atoms with Crippen molar-refractivity contribution in [3.05, 3.63) is 72.4 Å². The summed E-state index contributed by atoms with van der Waals surface area (Å²) in [6.45, 7) is 4.45. The van der Waals surface area contributed by atoms with Crippen LogP contribution >= 0.6 is 0 Å². The van der Waals surface area contributed by atoms with Crippen molar-refractivity contribution in [1.82, 2.24) is 9.55 Å². The molecule has 0 bridgehead atoms. The Kier molecular flexibility index (Phi) is 2.97. The first-order valence-electron chi connectivity index (χ1n) is 7.70. The Morgan fingerprint density at radius 1 is 0.864 bits per heavy atom. The van der Waals surface area contributed by atoms with Gasteiger partial charge in [-0.2, -0.15) is 0 Å². The van der Waals surface area contributed by atoms with E-state index in [1.165, 1.54) is 22.2 Å². The average molecular weight is 286 g/mol. The van der Waals surface area contributed by atoms with Crippen LogP contribution in [-0.4, -0.2) is 9.55 Å². The fraction of sp³-hybridized carbons (Fsp3) is 0.150. The van der Waals surface area contributed by atoms with Crippen molar-refractivity contribution >= 4 is 21.9 Å². The molecule has 2 heteroatoms. The number of hydrogen-bond donors (Lipinski definition) is 0. The van der Waals surface area contributed by atoms with Crippen LogP contribution in [0.4, 0.5) is 0 Å². The van der Waals surface area contributed by atoms with E-state index in [1.54, 1.807) is 0 Å². The van der Waals surface area contributed by atoms with Gasteiger partial charge < -0.3 is 4.57 Å². The first-order chi connectivity index (χ1) is 10.8. The molecule has 0 spiro atoms. The van der Waals surface area contributed by atoms with E-state index in [9.17, 15) is 0 Å². The lowest BCUT2D eigenvalue weighted by Gasteiger charge is -2.08. The molecule has 4 aromatic rings.